The number of nitrogens with two attached hydrogens (primary N) is 2. The number of nitrogens with one attached hydrogen (secondary N) is 1. The number of aryl methyl sites for hydroxylation is 1. The molecule has 0 radical (unpaired) electrons. The number of hydrogen-bond acceptors (Lipinski definition) is 16. The van der Waals surface area contributed by atoms with Gasteiger partial charge in [0.25, 0.3) is 5.91 Å². The van der Waals surface area contributed by atoms with Crippen molar-refractivity contribution < 1.29 is 46.0 Å². The summed E-state index contributed by atoms with van der Waals surface area (Å²) < 4.78 is 44.4. The normalized spacial score (nSPS) is 15.7. The molecular weight excluding hydrogens is 650 g/mol. The van der Waals surface area contributed by atoms with Crippen LogP contribution in [0.25, 0.3) is 5.82 Å². The zero-order chi connectivity index (χ0) is 34.1. The van der Waals surface area contributed by atoms with Crippen LogP contribution in [0.1, 0.15) is 32.4 Å². The van der Waals surface area contributed by atoms with Crippen LogP contribution in [-0.4, -0.2) is 86.0 Å². The topological polar surface area (TPSA) is 277 Å². The SMILES string of the molecule is CC1(C)[C@H](CC(=O)/C(=N\OCCOc2ccc(-n3ccn(CCCN)c3=N)nc2)c2csc(N)n2)C(=O)N1OS(=O)(=O)O.O=C=O. The van der Waals surface area contributed by atoms with Crippen molar-refractivity contribution in [2.75, 3.05) is 25.5 Å². The van der Waals surface area contributed by atoms with Gasteiger partial charge in [0, 0.05) is 30.7 Å². The van der Waals surface area contributed by atoms with Crippen molar-refractivity contribution in [1.29, 1.82) is 5.41 Å². The molecule has 1 saturated heterocycles. The molecule has 0 aromatic carbocycles. The van der Waals surface area contributed by atoms with E-state index in [1.54, 1.807) is 33.7 Å². The number of hydroxylamine groups is 2. The van der Waals surface area contributed by atoms with Crippen LogP contribution in [0.3, 0.4) is 0 Å². The largest absolute Gasteiger partial charge is 0.488 e. The number of nitrogens with zero attached hydrogens (tertiary/aromatic N) is 6. The molecule has 0 spiro atoms. The average molecular weight is 682 g/mol. The second-order valence-corrected chi connectivity index (χ2v) is 11.8. The minimum Gasteiger partial charge on any atom is -0.488 e. The zero-order valence-corrected chi connectivity index (χ0v) is 26.2. The summed E-state index contributed by atoms with van der Waals surface area (Å²) in [7, 11) is -4.93. The van der Waals surface area contributed by atoms with Gasteiger partial charge in [0.2, 0.25) is 5.62 Å². The van der Waals surface area contributed by atoms with E-state index in [-0.39, 0.29) is 47.9 Å². The van der Waals surface area contributed by atoms with E-state index in [1.807, 2.05) is 0 Å². The van der Waals surface area contributed by atoms with Crippen LogP contribution in [0, 0.1) is 11.3 Å². The Balaban J connectivity index is 0.00000185. The first-order chi connectivity index (χ1) is 21.7. The molecule has 1 atom stereocenters. The molecule has 3 aromatic rings. The van der Waals surface area contributed by atoms with E-state index >= 15 is 0 Å². The van der Waals surface area contributed by atoms with E-state index in [9.17, 15) is 18.0 Å². The first kappa shape index (κ1) is 35.7. The van der Waals surface area contributed by atoms with Gasteiger partial charge in [-0.25, -0.2) is 9.97 Å². The molecule has 6 N–H and O–H groups in total. The van der Waals surface area contributed by atoms with E-state index in [4.69, 9.17) is 40.6 Å². The van der Waals surface area contributed by atoms with Crippen molar-refractivity contribution in [1.82, 2.24) is 24.2 Å². The standard InChI is InChI=1S/C24H31N9O8S2.CO2/c1-24(2)16(21(35)33(24)41-43(36,37)38)12-18(34)20(17-14-42-22(26)29-17)30-40-11-10-39-15-4-5-19(28-13-15)32-9-8-31(23(32)27)7-3-6-25;2-1-3/h4-5,8-9,13-14,16,27H,3,6-7,10-12,25H2,1-2H3,(H2,26,29)(H,36,37,38);/b27-23?,30-20-;/t16-;/m1./s1. The van der Waals surface area contributed by atoms with Gasteiger partial charge in [-0.3, -0.25) is 24.1 Å². The average Bonchev–Trinajstić information content (AvgIpc) is 3.60. The lowest BCUT2D eigenvalue weighted by atomic mass is 9.74. The summed E-state index contributed by atoms with van der Waals surface area (Å²) in [5.74, 6) is -1.39. The van der Waals surface area contributed by atoms with E-state index in [0.29, 0.717) is 29.7 Å². The highest BCUT2D eigenvalue weighted by Gasteiger charge is 2.57. The number of nitrogen functional groups attached to an aromatic ring is 1. The first-order valence-corrected chi connectivity index (χ1v) is 15.5. The maximum Gasteiger partial charge on any atom is 0.418 e. The number of hydrogen-bond donors (Lipinski definition) is 4. The number of carbonyl (C=O) groups excluding carboxylic acids is 4. The first-order valence-electron chi connectivity index (χ1n) is 13.3. The summed E-state index contributed by atoms with van der Waals surface area (Å²) in [5.41, 5.74) is 10.3. The monoisotopic (exact) mass is 681 g/mol. The Bertz CT molecular complexity index is 1760. The number of pyridine rings is 1. The Morgan fingerprint density at radius 1 is 1.26 bits per heavy atom. The highest BCUT2D eigenvalue weighted by atomic mass is 32.3. The Labute approximate surface area is 265 Å². The molecule has 0 unspecified atom stereocenters. The number of thiazole rings is 1. The predicted molar refractivity (Wildman–Crippen MR) is 157 cm³/mol. The molecule has 4 heterocycles. The summed E-state index contributed by atoms with van der Waals surface area (Å²) in [6.07, 6.45) is 5.68. The highest BCUT2D eigenvalue weighted by molar-refractivity contribution is 7.80. The van der Waals surface area contributed by atoms with Crippen LogP contribution in [0.15, 0.2) is 41.3 Å². The summed E-state index contributed by atoms with van der Waals surface area (Å²) in [5, 5.41) is 14.4. The Hall–Kier alpha value is -4.79. The number of aromatic nitrogens is 4. The van der Waals surface area contributed by atoms with Crippen molar-refractivity contribution in [3.8, 4) is 11.6 Å². The fourth-order valence-electron chi connectivity index (χ4n) is 4.25. The third kappa shape index (κ3) is 8.90. The fraction of sp³-hybridized carbons (Fsp3) is 0.400. The number of β-lactam (4-membered cyclic amide) rings is 1. The Kier molecular flexibility index (Phi) is 12.0. The fourth-order valence-corrected chi connectivity index (χ4v) is 5.25. The number of ether oxygens (including phenoxy) is 1. The molecule has 4 rings (SSSR count). The van der Waals surface area contributed by atoms with Crippen molar-refractivity contribution in [2.45, 2.75) is 38.8 Å². The van der Waals surface area contributed by atoms with Gasteiger partial charge in [-0.15, -0.1) is 15.6 Å². The molecule has 21 heteroatoms. The van der Waals surface area contributed by atoms with Gasteiger partial charge in [0.1, 0.15) is 23.9 Å². The number of oxime groups is 1. The maximum atomic E-state index is 13.2. The third-order valence-electron chi connectivity index (χ3n) is 6.53. The number of rotatable bonds is 15. The molecule has 1 aliphatic heterocycles. The molecule has 19 nitrogen and oxygen atoms in total. The van der Waals surface area contributed by atoms with Crippen LogP contribution in [0.4, 0.5) is 5.13 Å². The van der Waals surface area contributed by atoms with Gasteiger partial charge < -0.3 is 25.6 Å². The molecular formula is C25H31N9O10S2. The van der Waals surface area contributed by atoms with Gasteiger partial charge in [0.15, 0.2) is 23.2 Å². The van der Waals surface area contributed by atoms with Crippen LogP contribution >= 0.6 is 11.3 Å². The predicted octanol–water partition coefficient (Wildman–Crippen LogP) is -0.312. The minimum absolute atomic E-state index is 0.0492. The van der Waals surface area contributed by atoms with Crippen LogP contribution in [-0.2, 0) is 45.2 Å². The number of ketones is 1. The number of imidazole rings is 1. The summed E-state index contributed by atoms with van der Waals surface area (Å²) in [4.78, 5) is 55.6. The van der Waals surface area contributed by atoms with Gasteiger partial charge in [-0.1, -0.05) is 5.16 Å². The zero-order valence-electron chi connectivity index (χ0n) is 24.6. The van der Waals surface area contributed by atoms with Crippen LogP contribution in [0.2, 0.25) is 0 Å². The highest BCUT2D eigenvalue weighted by Crippen LogP contribution is 2.40. The molecule has 0 aliphatic carbocycles. The second-order valence-electron chi connectivity index (χ2n) is 9.92. The summed E-state index contributed by atoms with van der Waals surface area (Å²) in [6.45, 7) is 4.12. The van der Waals surface area contributed by atoms with Crippen molar-refractivity contribution in [3.63, 3.8) is 0 Å². The minimum atomic E-state index is -4.93. The molecule has 248 valence electrons. The van der Waals surface area contributed by atoms with Gasteiger partial charge in [-0.05, 0) is 38.9 Å². The maximum absolute atomic E-state index is 13.2. The van der Waals surface area contributed by atoms with E-state index < -0.39 is 33.5 Å². The quantitative estimate of drug-likeness (QED) is 0.0526. The molecule has 3 aromatic heterocycles. The van der Waals surface area contributed by atoms with E-state index in [2.05, 4.69) is 19.4 Å². The number of carbonyl (C=O) groups is 2. The molecule has 0 bridgehead atoms. The lowest BCUT2D eigenvalue weighted by Crippen LogP contribution is -2.68. The summed E-state index contributed by atoms with van der Waals surface area (Å²) >= 11 is 1.08. The molecule has 46 heavy (non-hydrogen) atoms. The molecule has 0 saturated carbocycles. The number of amides is 1. The van der Waals surface area contributed by atoms with Gasteiger partial charge in [-0.2, -0.15) is 23.1 Å². The van der Waals surface area contributed by atoms with Gasteiger partial charge in [0.05, 0.1) is 17.7 Å². The molecule has 1 fully saturated rings. The van der Waals surface area contributed by atoms with Gasteiger partial charge >= 0.3 is 16.6 Å². The lowest BCUT2D eigenvalue weighted by molar-refractivity contribution is -0.228. The van der Waals surface area contributed by atoms with Crippen molar-refractivity contribution in [2.24, 2.45) is 16.8 Å². The molecule has 1 amide bonds. The number of Topliss-reactive ketones (excluding diaryl/α,β-unsaturated/α-hetero) is 1. The number of anilines is 1. The second kappa shape index (κ2) is 15.5. The van der Waals surface area contributed by atoms with Crippen LogP contribution < -0.4 is 21.8 Å². The Morgan fingerprint density at radius 2 is 1.98 bits per heavy atom. The third-order valence-corrected chi connectivity index (χ3v) is 7.54. The smallest absolute Gasteiger partial charge is 0.418 e. The van der Waals surface area contributed by atoms with Crippen molar-refractivity contribution in [3.05, 3.63) is 47.4 Å². The Morgan fingerprint density at radius 3 is 2.54 bits per heavy atom. The molecule has 1 aliphatic rings. The van der Waals surface area contributed by atoms with E-state index in [1.165, 1.54) is 25.4 Å². The van der Waals surface area contributed by atoms with Crippen LogP contribution in [0.5, 0.6) is 5.75 Å². The lowest BCUT2D eigenvalue weighted by Gasteiger charge is -2.50. The van der Waals surface area contributed by atoms with E-state index in [0.717, 1.165) is 17.8 Å². The summed E-state index contributed by atoms with van der Waals surface area (Å²) in [6, 6.07) is 3.39. The van der Waals surface area contributed by atoms with Crippen molar-refractivity contribution >= 4 is 50.4 Å².